The molecule has 0 aliphatic heterocycles. The van der Waals surface area contributed by atoms with Crippen LogP contribution in [0.2, 0.25) is 0 Å². The quantitative estimate of drug-likeness (QED) is 0.934. The summed E-state index contributed by atoms with van der Waals surface area (Å²) in [6, 6.07) is 7.17. The molecule has 1 N–H and O–H groups in total. The van der Waals surface area contributed by atoms with E-state index >= 15 is 0 Å². The summed E-state index contributed by atoms with van der Waals surface area (Å²) in [5.74, 6) is 0.320. The van der Waals surface area contributed by atoms with E-state index in [1.807, 2.05) is 18.2 Å². The van der Waals surface area contributed by atoms with Gasteiger partial charge < -0.3 is 9.84 Å². The van der Waals surface area contributed by atoms with Crippen molar-refractivity contribution in [3.05, 3.63) is 59.2 Å². The second kappa shape index (κ2) is 5.59. The maximum Gasteiger partial charge on any atom is 0.141 e. The highest BCUT2D eigenvalue weighted by molar-refractivity contribution is 5.38. The summed E-state index contributed by atoms with van der Waals surface area (Å²) in [4.78, 5) is 3.78. The number of aromatic nitrogens is 1. The van der Waals surface area contributed by atoms with Crippen LogP contribution in [0.25, 0.3) is 0 Å². The third kappa shape index (κ3) is 2.80. The lowest BCUT2D eigenvalue weighted by Gasteiger charge is -2.22. The summed E-state index contributed by atoms with van der Waals surface area (Å²) in [6.45, 7) is 0.264. The van der Waals surface area contributed by atoms with Crippen LogP contribution in [-0.2, 0) is 13.0 Å². The van der Waals surface area contributed by atoms with Gasteiger partial charge in [-0.2, -0.15) is 0 Å². The van der Waals surface area contributed by atoms with Crippen molar-refractivity contribution >= 4 is 0 Å². The fourth-order valence-electron chi connectivity index (χ4n) is 2.54. The molecule has 0 fully saturated rings. The molecule has 1 aliphatic rings. The van der Waals surface area contributed by atoms with E-state index in [1.165, 1.54) is 17.8 Å². The fraction of sp³-hybridized carbons (Fsp3) is 0.312. The molecule has 0 bridgehead atoms. The Morgan fingerprint density at radius 3 is 3.05 bits per heavy atom. The molecule has 1 aromatic carbocycles. The third-order valence-corrected chi connectivity index (χ3v) is 3.57. The Morgan fingerprint density at radius 1 is 1.30 bits per heavy atom. The number of aliphatic hydroxyl groups excluding tert-OH is 1. The highest BCUT2D eigenvalue weighted by atomic mass is 19.1. The summed E-state index contributed by atoms with van der Waals surface area (Å²) >= 11 is 0. The molecular weight excluding hydrogens is 257 g/mol. The summed E-state index contributed by atoms with van der Waals surface area (Å²) < 4.78 is 18.7. The van der Waals surface area contributed by atoms with Crippen LogP contribution in [0.5, 0.6) is 5.75 Å². The van der Waals surface area contributed by atoms with Gasteiger partial charge in [-0.05, 0) is 48.6 Å². The van der Waals surface area contributed by atoms with Crippen molar-refractivity contribution < 1.29 is 14.2 Å². The van der Waals surface area contributed by atoms with E-state index in [1.54, 1.807) is 6.20 Å². The predicted octanol–water partition coefficient (Wildman–Crippen LogP) is 3.17. The second-order valence-corrected chi connectivity index (χ2v) is 5.07. The van der Waals surface area contributed by atoms with E-state index < -0.39 is 6.10 Å². The van der Waals surface area contributed by atoms with Gasteiger partial charge >= 0.3 is 0 Å². The minimum atomic E-state index is -0.405. The molecular formula is C16H16FNO2. The zero-order valence-corrected chi connectivity index (χ0v) is 11.1. The van der Waals surface area contributed by atoms with E-state index in [9.17, 15) is 9.50 Å². The molecule has 20 heavy (non-hydrogen) atoms. The number of aryl methyl sites for hydroxylation is 1. The first-order chi connectivity index (χ1) is 9.72. The zero-order chi connectivity index (χ0) is 13.9. The van der Waals surface area contributed by atoms with Crippen LogP contribution in [0.3, 0.4) is 0 Å². The number of hydrogen-bond donors (Lipinski definition) is 1. The molecule has 0 spiro atoms. The largest absolute Gasteiger partial charge is 0.489 e. The molecule has 0 radical (unpaired) electrons. The molecule has 3 nitrogen and oxygen atoms in total. The Morgan fingerprint density at radius 2 is 2.20 bits per heavy atom. The number of pyridine rings is 1. The average Bonchev–Trinajstić information content (AvgIpc) is 2.46. The van der Waals surface area contributed by atoms with Gasteiger partial charge in [0.15, 0.2) is 0 Å². The van der Waals surface area contributed by atoms with Crippen LogP contribution >= 0.6 is 0 Å². The zero-order valence-electron chi connectivity index (χ0n) is 11.1. The number of aliphatic hydroxyl groups is 1. The van der Waals surface area contributed by atoms with Crippen molar-refractivity contribution in [2.24, 2.45) is 0 Å². The molecule has 1 aromatic heterocycles. The van der Waals surface area contributed by atoms with Gasteiger partial charge in [-0.15, -0.1) is 0 Å². The van der Waals surface area contributed by atoms with Crippen molar-refractivity contribution in [3.63, 3.8) is 0 Å². The maximum atomic E-state index is 13.0. The van der Waals surface area contributed by atoms with Crippen LogP contribution in [0, 0.1) is 5.82 Å². The second-order valence-electron chi connectivity index (χ2n) is 5.07. The number of ether oxygens (including phenoxy) is 1. The van der Waals surface area contributed by atoms with Gasteiger partial charge in [0.1, 0.15) is 18.2 Å². The smallest absolute Gasteiger partial charge is 0.141 e. The third-order valence-electron chi connectivity index (χ3n) is 3.57. The van der Waals surface area contributed by atoms with E-state index in [2.05, 4.69) is 4.98 Å². The fourth-order valence-corrected chi connectivity index (χ4v) is 2.54. The number of rotatable bonds is 3. The van der Waals surface area contributed by atoms with E-state index in [4.69, 9.17) is 4.74 Å². The number of nitrogens with zero attached hydrogens (tertiary/aromatic N) is 1. The van der Waals surface area contributed by atoms with Gasteiger partial charge in [-0.25, -0.2) is 4.39 Å². The molecule has 0 saturated heterocycles. The molecule has 0 unspecified atom stereocenters. The van der Waals surface area contributed by atoms with Crippen LogP contribution < -0.4 is 4.74 Å². The van der Waals surface area contributed by atoms with E-state index in [0.29, 0.717) is 11.3 Å². The predicted molar refractivity (Wildman–Crippen MR) is 72.9 cm³/mol. The Hall–Kier alpha value is -1.94. The Bertz CT molecular complexity index is 615. The first-order valence-corrected chi connectivity index (χ1v) is 6.75. The summed E-state index contributed by atoms with van der Waals surface area (Å²) in [6.07, 6.45) is 5.15. The molecule has 104 valence electrons. The lowest BCUT2D eigenvalue weighted by atomic mass is 9.89. The van der Waals surface area contributed by atoms with Gasteiger partial charge in [-0.3, -0.25) is 4.98 Å². The molecule has 2 aromatic rings. The molecule has 3 rings (SSSR count). The highest BCUT2D eigenvalue weighted by Gasteiger charge is 2.18. The van der Waals surface area contributed by atoms with E-state index in [0.717, 1.165) is 24.8 Å². The van der Waals surface area contributed by atoms with Crippen molar-refractivity contribution in [2.45, 2.75) is 32.0 Å². The molecule has 0 amide bonds. The normalized spacial score (nSPS) is 17.6. The minimum Gasteiger partial charge on any atom is -0.489 e. The molecule has 1 aliphatic carbocycles. The topological polar surface area (TPSA) is 42.4 Å². The van der Waals surface area contributed by atoms with Crippen LogP contribution in [-0.4, -0.2) is 10.1 Å². The summed E-state index contributed by atoms with van der Waals surface area (Å²) in [5, 5.41) is 9.99. The summed E-state index contributed by atoms with van der Waals surface area (Å²) in [5.41, 5.74) is 2.82. The Balaban J connectivity index is 1.73. The van der Waals surface area contributed by atoms with Crippen molar-refractivity contribution in [1.82, 2.24) is 4.98 Å². The van der Waals surface area contributed by atoms with Crippen molar-refractivity contribution in [3.8, 4) is 5.75 Å². The Kier molecular flexibility index (Phi) is 3.65. The number of halogens is 1. The lowest BCUT2D eigenvalue weighted by molar-refractivity contribution is 0.156. The SMILES string of the molecule is O[C@@H]1CCCc2ccc(OCc3cncc(F)c3)cc21. The lowest BCUT2D eigenvalue weighted by Crippen LogP contribution is -2.09. The molecule has 1 heterocycles. The van der Waals surface area contributed by atoms with Crippen LogP contribution in [0.1, 0.15) is 35.6 Å². The monoisotopic (exact) mass is 273 g/mol. The molecule has 0 saturated carbocycles. The Labute approximate surface area is 117 Å². The minimum absolute atomic E-state index is 0.264. The maximum absolute atomic E-state index is 13.0. The van der Waals surface area contributed by atoms with Crippen molar-refractivity contribution in [1.29, 1.82) is 0 Å². The number of hydrogen-bond acceptors (Lipinski definition) is 3. The van der Waals surface area contributed by atoms with Gasteiger partial charge in [0.05, 0.1) is 12.3 Å². The van der Waals surface area contributed by atoms with Crippen molar-refractivity contribution in [2.75, 3.05) is 0 Å². The van der Waals surface area contributed by atoms with Gasteiger partial charge in [0, 0.05) is 11.8 Å². The molecule has 4 heteroatoms. The average molecular weight is 273 g/mol. The number of benzene rings is 1. The standard InChI is InChI=1S/C16H16FNO2/c17-13-6-11(8-18-9-13)10-20-14-5-4-12-2-1-3-16(19)15(12)7-14/h4-9,16,19H,1-3,10H2/t16-/m1/s1. The van der Waals surface area contributed by atoms with Gasteiger partial charge in [0.2, 0.25) is 0 Å². The number of fused-ring (bicyclic) bond motifs is 1. The first kappa shape index (κ1) is 13.1. The molecule has 1 atom stereocenters. The summed E-state index contributed by atoms with van der Waals surface area (Å²) in [7, 11) is 0. The van der Waals surface area contributed by atoms with Gasteiger partial charge in [-0.1, -0.05) is 6.07 Å². The first-order valence-electron chi connectivity index (χ1n) is 6.75. The van der Waals surface area contributed by atoms with Gasteiger partial charge in [0.25, 0.3) is 0 Å². The van der Waals surface area contributed by atoms with Crippen LogP contribution in [0.15, 0.2) is 36.7 Å². The van der Waals surface area contributed by atoms with E-state index in [-0.39, 0.29) is 12.4 Å². The highest BCUT2D eigenvalue weighted by Crippen LogP contribution is 2.32. The van der Waals surface area contributed by atoms with Crippen LogP contribution in [0.4, 0.5) is 4.39 Å².